The van der Waals surface area contributed by atoms with E-state index in [1.807, 2.05) is 17.0 Å². The van der Waals surface area contributed by atoms with E-state index >= 15 is 0 Å². The molecule has 0 unspecified atom stereocenters. The van der Waals surface area contributed by atoms with Gasteiger partial charge in [0.15, 0.2) is 5.65 Å². The van der Waals surface area contributed by atoms with Crippen LogP contribution < -0.4 is 0 Å². The molecular weight excluding hydrogens is 436 g/mol. The fourth-order valence-corrected chi connectivity index (χ4v) is 4.50. The molecule has 2 aliphatic heterocycles. The van der Waals surface area contributed by atoms with Gasteiger partial charge in [-0.3, -0.25) is 14.6 Å². The van der Waals surface area contributed by atoms with Crippen LogP contribution in [-0.2, 0) is 20.9 Å². The fourth-order valence-electron chi connectivity index (χ4n) is 4.50. The molecule has 10 heteroatoms. The van der Waals surface area contributed by atoms with Gasteiger partial charge in [0.1, 0.15) is 12.1 Å². The van der Waals surface area contributed by atoms with Crippen LogP contribution in [0, 0.1) is 5.92 Å². The minimum absolute atomic E-state index is 0.00101. The molecular formula is C24H28N6O4. The van der Waals surface area contributed by atoms with Crippen LogP contribution in [-0.4, -0.2) is 86.7 Å². The SMILES string of the molecule is O=C1CN(C(=O)c2cnn3cccnc23)C[C@@H](OCc2cccnc2)CN1CC1CCOCC1. The van der Waals surface area contributed by atoms with Crippen LogP contribution >= 0.6 is 0 Å². The van der Waals surface area contributed by atoms with Gasteiger partial charge in [-0.15, -0.1) is 0 Å². The Bertz CT molecular complexity index is 1130. The number of fused-ring (bicyclic) bond motifs is 1. The number of amides is 2. The summed E-state index contributed by atoms with van der Waals surface area (Å²) in [5.41, 5.74) is 1.78. The van der Waals surface area contributed by atoms with Crippen molar-refractivity contribution in [2.75, 3.05) is 39.4 Å². The summed E-state index contributed by atoms with van der Waals surface area (Å²) in [7, 11) is 0. The van der Waals surface area contributed by atoms with Crippen molar-refractivity contribution in [1.82, 2.24) is 29.4 Å². The van der Waals surface area contributed by atoms with Crippen LogP contribution in [0.4, 0.5) is 0 Å². The van der Waals surface area contributed by atoms with E-state index in [4.69, 9.17) is 9.47 Å². The Morgan fingerprint density at radius 3 is 2.85 bits per heavy atom. The fraction of sp³-hybridized carbons (Fsp3) is 0.458. The monoisotopic (exact) mass is 464 g/mol. The number of ether oxygens (including phenoxy) is 2. The standard InChI is InChI=1S/C24H28N6O4/c31-22-16-29(24(32)21-12-27-30-8-2-7-26-23(21)30)15-20(34-17-19-3-1-6-25-11-19)14-28(22)13-18-4-9-33-10-5-18/h1-3,6-8,11-12,18,20H,4-5,9-10,13-17H2/t20-/m0/s1. The number of carbonyl (C=O) groups excluding carboxylic acids is 2. The van der Waals surface area contributed by atoms with Crippen LogP contribution in [0.3, 0.4) is 0 Å². The zero-order chi connectivity index (χ0) is 23.3. The van der Waals surface area contributed by atoms with Crippen molar-refractivity contribution in [2.24, 2.45) is 5.92 Å². The molecule has 2 saturated heterocycles. The number of rotatable bonds is 6. The first kappa shape index (κ1) is 22.4. The van der Waals surface area contributed by atoms with Crippen molar-refractivity contribution < 1.29 is 19.1 Å². The van der Waals surface area contributed by atoms with Crippen molar-refractivity contribution >= 4 is 17.5 Å². The zero-order valence-electron chi connectivity index (χ0n) is 19.0. The molecule has 0 aliphatic carbocycles. The molecule has 10 nitrogen and oxygen atoms in total. The maximum Gasteiger partial charge on any atom is 0.259 e. The van der Waals surface area contributed by atoms with Crippen LogP contribution in [0.2, 0.25) is 0 Å². The first-order valence-corrected chi connectivity index (χ1v) is 11.6. The lowest BCUT2D eigenvalue weighted by Crippen LogP contribution is -2.42. The largest absolute Gasteiger partial charge is 0.381 e. The summed E-state index contributed by atoms with van der Waals surface area (Å²) in [6.07, 6.45) is 9.88. The van der Waals surface area contributed by atoms with Crippen LogP contribution in [0.25, 0.3) is 5.65 Å². The van der Waals surface area contributed by atoms with Crippen molar-refractivity contribution in [2.45, 2.75) is 25.6 Å². The van der Waals surface area contributed by atoms with Gasteiger partial charge < -0.3 is 19.3 Å². The van der Waals surface area contributed by atoms with Crippen molar-refractivity contribution in [1.29, 1.82) is 0 Å². The lowest BCUT2D eigenvalue weighted by Gasteiger charge is -2.30. The second-order valence-corrected chi connectivity index (χ2v) is 8.78. The lowest BCUT2D eigenvalue weighted by molar-refractivity contribution is -0.132. The molecule has 2 amide bonds. The second kappa shape index (κ2) is 10.3. The minimum atomic E-state index is -0.328. The molecule has 2 aliphatic rings. The van der Waals surface area contributed by atoms with Crippen LogP contribution in [0.5, 0.6) is 0 Å². The third-order valence-electron chi connectivity index (χ3n) is 6.35. The Morgan fingerprint density at radius 2 is 2.03 bits per heavy atom. The third-order valence-corrected chi connectivity index (χ3v) is 6.35. The molecule has 3 aromatic heterocycles. The van der Waals surface area contributed by atoms with Crippen molar-refractivity contribution in [3.05, 3.63) is 60.3 Å². The smallest absolute Gasteiger partial charge is 0.259 e. The summed E-state index contributed by atoms with van der Waals surface area (Å²) in [6, 6.07) is 5.56. The van der Waals surface area contributed by atoms with Crippen LogP contribution in [0.15, 0.2) is 49.2 Å². The molecule has 0 saturated carbocycles. The molecule has 5 heterocycles. The molecule has 34 heavy (non-hydrogen) atoms. The number of hydrogen-bond acceptors (Lipinski definition) is 7. The Labute approximate surface area is 197 Å². The zero-order valence-corrected chi connectivity index (χ0v) is 19.0. The highest BCUT2D eigenvalue weighted by molar-refractivity contribution is 6.01. The van der Waals surface area contributed by atoms with Gasteiger partial charge in [0.25, 0.3) is 5.91 Å². The summed E-state index contributed by atoms with van der Waals surface area (Å²) in [4.78, 5) is 38.6. The molecule has 5 rings (SSSR count). The van der Waals surface area contributed by atoms with Gasteiger partial charge in [0.2, 0.25) is 5.91 Å². The average molecular weight is 465 g/mol. The summed E-state index contributed by atoms with van der Waals surface area (Å²) in [6.45, 7) is 3.19. The summed E-state index contributed by atoms with van der Waals surface area (Å²) >= 11 is 0. The number of hydrogen-bond donors (Lipinski definition) is 0. The lowest BCUT2D eigenvalue weighted by atomic mass is 9.99. The first-order valence-electron chi connectivity index (χ1n) is 11.6. The molecule has 2 fully saturated rings. The van der Waals surface area contributed by atoms with Gasteiger partial charge in [0.05, 0.1) is 18.9 Å². The van der Waals surface area contributed by atoms with E-state index in [1.165, 1.54) is 6.20 Å². The van der Waals surface area contributed by atoms with Gasteiger partial charge in [-0.2, -0.15) is 5.10 Å². The van der Waals surface area contributed by atoms with Crippen molar-refractivity contribution in [3.63, 3.8) is 0 Å². The predicted molar refractivity (Wildman–Crippen MR) is 122 cm³/mol. The van der Waals surface area contributed by atoms with E-state index in [0.717, 1.165) is 31.6 Å². The highest BCUT2D eigenvalue weighted by Crippen LogP contribution is 2.20. The van der Waals surface area contributed by atoms with Crippen LogP contribution in [0.1, 0.15) is 28.8 Å². The maximum absolute atomic E-state index is 13.5. The molecule has 0 bridgehead atoms. The number of aromatic nitrogens is 4. The Morgan fingerprint density at radius 1 is 1.15 bits per heavy atom. The molecule has 1 atom stereocenters. The summed E-state index contributed by atoms with van der Waals surface area (Å²) < 4.78 is 13.2. The van der Waals surface area contributed by atoms with E-state index in [2.05, 4.69) is 15.1 Å². The Hall–Kier alpha value is -3.37. The number of pyridine rings is 1. The molecule has 0 aromatic carbocycles. The third kappa shape index (κ3) is 5.07. The van der Waals surface area contributed by atoms with Gasteiger partial charge in [-0.1, -0.05) is 6.07 Å². The van der Waals surface area contributed by atoms with Gasteiger partial charge in [-0.05, 0) is 36.5 Å². The second-order valence-electron chi connectivity index (χ2n) is 8.78. The van der Waals surface area contributed by atoms with Gasteiger partial charge in [0, 0.05) is 57.6 Å². The van der Waals surface area contributed by atoms with E-state index in [1.54, 1.807) is 40.3 Å². The normalized spacial score (nSPS) is 20.0. The Kier molecular flexibility index (Phi) is 6.77. The molecule has 178 valence electrons. The molecule has 0 spiro atoms. The number of carbonyl (C=O) groups is 2. The molecule has 0 radical (unpaired) electrons. The van der Waals surface area contributed by atoms with E-state index in [9.17, 15) is 9.59 Å². The van der Waals surface area contributed by atoms with Crippen molar-refractivity contribution in [3.8, 4) is 0 Å². The summed E-state index contributed by atoms with van der Waals surface area (Å²) in [5.74, 6) is 0.0458. The minimum Gasteiger partial charge on any atom is -0.381 e. The number of nitrogens with zero attached hydrogens (tertiary/aromatic N) is 6. The maximum atomic E-state index is 13.5. The first-order chi connectivity index (χ1) is 16.7. The van der Waals surface area contributed by atoms with E-state index < -0.39 is 0 Å². The average Bonchev–Trinajstić information content (AvgIpc) is 3.24. The highest BCUT2D eigenvalue weighted by atomic mass is 16.5. The topological polar surface area (TPSA) is 102 Å². The Balaban J connectivity index is 1.36. The van der Waals surface area contributed by atoms with Gasteiger partial charge in [-0.25, -0.2) is 9.50 Å². The molecule has 3 aromatic rings. The highest BCUT2D eigenvalue weighted by Gasteiger charge is 2.33. The van der Waals surface area contributed by atoms with E-state index in [-0.39, 0.29) is 24.5 Å². The molecule has 0 N–H and O–H groups in total. The summed E-state index contributed by atoms with van der Waals surface area (Å²) in [5, 5.41) is 4.23. The quantitative estimate of drug-likeness (QED) is 0.544. The van der Waals surface area contributed by atoms with E-state index in [0.29, 0.717) is 43.4 Å². The van der Waals surface area contributed by atoms with Gasteiger partial charge >= 0.3 is 0 Å². The predicted octanol–water partition coefficient (Wildman–Crippen LogP) is 1.42.